The van der Waals surface area contributed by atoms with Crippen molar-refractivity contribution in [3.8, 4) is 0 Å². The summed E-state index contributed by atoms with van der Waals surface area (Å²) in [5.74, 6) is -1.30. The van der Waals surface area contributed by atoms with Crippen molar-refractivity contribution in [3.63, 3.8) is 0 Å². The van der Waals surface area contributed by atoms with E-state index in [1.54, 1.807) is 0 Å². The normalized spacial score (nSPS) is 24.0. The molecule has 0 saturated carbocycles. The van der Waals surface area contributed by atoms with Crippen molar-refractivity contribution in [1.82, 2.24) is 5.32 Å². The summed E-state index contributed by atoms with van der Waals surface area (Å²) in [6, 6.07) is 4.55. The summed E-state index contributed by atoms with van der Waals surface area (Å²) in [6.45, 7) is 1.70. The predicted octanol–water partition coefficient (Wildman–Crippen LogP) is 1.59. The summed E-state index contributed by atoms with van der Waals surface area (Å²) >= 11 is 0. The molecule has 2 heterocycles. The van der Waals surface area contributed by atoms with Gasteiger partial charge in [-0.05, 0) is 18.2 Å². The molecule has 2 aliphatic heterocycles. The van der Waals surface area contributed by atoms with Crippen molar-refractivity contribution in [2.24, 2.45) is 5.92 Å². The van der Waals surface area contributed by atoms with Gasteiger partial charge in [0.15, 0.2) is 0 Å². The van der Waals surface area contributed by atoms with Crippen molar-refractivity contribution < 1.29 is 32.2 Å². The molecule has 0 spiro atoms. The molecule has 0 bridgehead atoms. The van der Waals surface area contributed by atoms with Gasteiger partial charge in [-0.2, -0.15) is 13.2 Å². The first-order valence-corrected chi connectivity index (χ1v) is 8.29. The average Bonchev–Trinajstić information content (AvgIpc) is 3.02. The second-order valence-electron chi connectivity index (χ2n) is 6.27. The zero-order valence-corrected chi connectivity index (χ0v) is 13.9. The van der Waals surface area contributed by atoms with Gasteiger partial charge in [0.1, 0.15) is 0 Å². The number of carbonyl (C=O) groups is 2. The van der Waals surface area contributed by atoms with Crippen LogP contribution in [0.3, 0.4) is 0 Å². The molecular formula is C17H19F3N2O4. The first kappa shape index (κ1) is 18.7. The Morgan fingerprint density at radius 2 is 2.12 bits per heavy atom. The smallest absolute Gasteiger partial charge is 0.376 e. The first-order chi connectivity index (χ1) is 12.3. The van der Waals surface area contributed by atoms with Crippen LogP contribution in [-0.2, 0) is 25.2 Å². The van der Waals surface area contributed by atoms with Crippen LogP contribution < -0.4 is 10.2 Å². The molecule has 6 nitrogen and oxygen atoms in total. The van der Waals surface area contributed by atoms with Crippen molar-refractivity contribution in [3.05, 3.63) is 29.8 Å². The highest BCUT2D eigenvalue weighted by atomic mass is 19.4. The number of hydrogen-bond acceptors (Lipinski definition) is 4. The lowest BCUT2D eigenvalue weighted by molar-refractivity contribution is -0.137. The minimum atomic E-state index is -4.49. The summed E-state index contributed by atoms with van der Waals surface area (Å²) in [6.07, 6.45) is -4.76. The molecular weight excluding hydrogens is 353 g/mol. The van der Waals surface area contributed by atoms with Gasteiger partial charge in [-0.1, -0.05) is 6.07 Å². The van der Waals surface area contributed by atoms with E-state index in [1.807, 2.05) is 0 Å². The van der Waals surface area contributed by atoms with Gasteiger partial charge in [0, 0.05) is 25.2 Å². The fourth-order valence-corrected chi connectivity index (χ4v) is 3.00. The van der Waals surface area contributed by atoms with Gasteiger partial charge in [-0.25, -0.2) is 0 Å². The molecule has 2 aliphatic rings. The third-order valence-corrected chi connectivity index (χ3v) is 4.37. The number of anilines is 1. The zero-order chi connectivity index (χ0) is 18.7. The highest BCUT2D eigenvalue weighted by molar-refractivity contribution is 6.00. The van der Waals surface area contributed by atoms with Crippen LogP contribution in [0.5, 0.6) is 0 Å². The maximum atomic E-state index is 12.8. The van der Waals surface area contributed by atoms with Gasteiger partial charge in [0.2, 0.25) is 11.8 Å². The van der Waals surface area contributed by atoms with Crippen molar-refractivity contribution >= 4 is 17.5 Å². The van der Waals surface area contributed by atoms with Crippen LogP contribution in [0, 0.1) is 5.92 Å². The van der Waals surface area contributed by atoms with Gasteiger partial charge < -0.3 is 19.7 Å². The Kier molecular flexibility index (Phi) is 5.47. The summed E-state index contributed by atoms with van der Waals surface area (Å²) in [7, 11) is 0. The van der Waals surface area contributed by atoms with E-state index in [2.05, 4.69) is 5.32 Å². The lowest BCUT2D eigenvalue weighted by atomic mass is 10.1. The number of hydrogen-bond donors (Lipinski definition) is 1. The van der Waals surface area contributed by atoms with Crippen LogP contribution in [0.25, 0.3) is 0 Å². The monoisotopic (exact) mass is 372 g/mol. The lowest BCUT2D eigenvalue weighted by Gasteiger charge is -2.23. The Morgan fingerprint density at radius 1 is 1.31 bits per heavy atom. The molecule has 0 radical (unpaired) electrons. The summed E-state index contributed by atoms with van der Waals surface area (Å²) in [5.41, 5.74) is -0.686. The summed E-state index contributed by atoms with van der Waals surface area (Å²) in [4.78, 5) is 25.7. The van der Waals surface area contributed by atoms with Crippen LogP contribution in [-0.4, -0.2) is 50.8 Å². The molecule has 2 fully saturated rings. The number of amides is 2. The first-order valence-electron chi connectivity index (χ1n) is 8.29. The minimum Gasteiger partial charge on any atom is -0.376 e. The second kappa shape index (κ2) is 7.63. The standard InChI is InChI=1S/C17H19F3N2O4/c18-17(19,20)12-2-1-3-13(7-12)22-9-11(6-15(22)23)16(24)21-8-14-10-25-4-5-26-14/h1-3,7,11,14H,4-6,8-10H2,(H,21,24). The lowest BCUT2D eigenvalue weighted by Crippen LogP contribution is -2.42. The molecule has 2 unspecified atom stereocenters. The minimum absolute atomic E-state index is 0.0376. The predicted molar refractivity (Wildman–Crippen MR) is 85.5 cm³/mol. The summed E-state index contributed by atoms with van der Waals surface area (Å²) in [5, 5.41) is 2.72. The number of nitrogens with one attached hydrogen (secondary N) is 1. The van der Waals surface area contributed by atoms with Gasteiger partial charge in [0.05, 0.1) is 37.4 Å². The topological polar surface area (TPSA) is 67.9 Å². The molecule has 1 N–H and O–H groups in total. The number of ether oxygens (including phenoxy) is 2. The molecule has 2 saturated heterocycles. The SMILES string of the molecule is O=C(NCC1COCCO1)C1CC(=O)N(c2cccc(C(F)(F)F)c2)C1. The Labute approximate surface area is 148 Å². The van der Waals surface area contributed by atoms with E-state index in [9.17, 15) is 22.8 Å². The van der Waals surface area contributed by atoms with E-state index in [4.69, 9.17) is 9.47 Å². The number of benzene rings is 1. The van der Waals surface area contributed by atoms with E-state index >= 15 is 0 Å². The summed E-state index contributed by atoms with van der Waals surface area (Å²) < 4.78 is 49.2. The molecule has 2 atom stereocenters. The number of halogens is 3. The van der Waals surface area contributed by atoms with Crippen LogP contribution in [0.15, 0.2) is 24.3 Å². The molecule has 1 aromatic rings. The average molecular weight is 372 g/mol. The van der Waals surface area contributed by atoms with E-state index < -0.39 is 17.7 Å². The Balaban J connectivity index is 1.60. The second-order valence-corrected chi connectivity index (χ2v) is 6.27. The quantitative estimate of drug-likeness (QED) is 0.872. The molecule has 9 heteroatoms. The largest absolute Gasteiger partial charge is 0.416 e. The molecule has 2 amide bonds. The zero-order valence-electron chi connectivity index (χ0n) is 13.9. The van der Waals surface area contributed by atoms with E-state index in [0.717, 1.165) is 12.1 Å². The number of alkyl halides is 3. The third kappa shape index (κ3) is 4.34. The third-order valence-electron chi connectivity index (χ3n) is 4.37. The fourth-order valence-electron chi connectivity index (χ4n) is 3.00. The number of carbonyl (C=O) groups excluding carboxylic acids is 2. The van der Waals surface area contributed by atoms with Gasteiger partial charge in [-0.3, -0.25) is 9.59 Å². The molecule has 3 rings (SSSR count). The highest BCUT2D eigenvalue weighted by Gasteiger charge is 2.37. The Hall–Kier alpha value is -2.13. The van der Waals surface area contributed by atoms with Crippen LogP contribution >= 0.6 is 0 Å². The van der Waals surface area contributed by atoms with Crippen molar-refractivity contribution in [1.29, 1.82) is 0 Å². The van der Waals surface area contributed by atoms with Crippen LogP contribution in [0.4, 0.5) is 18.9 Å². The number of nitrogens with zero attached hydrogens (tertiary/aromatic N) is 1. The maximum Gasteiger partial charge on any atom is 0.416 e. The molecule has 26 heavy (non-hydrogen) atoms. The maximum absolute atomic E-state index is 12.8. The molecule has 0 aromatic heterocycles. The fraction of sp³-hybridized carbons (Fsp3) is 0.529. The van der Waals surface area contributed by atoms with Gasteiger partial charge in [0.25, 0.3) is 0 Å². The molecule has 1 aromatic carbocycles. The van der Waals surface area contributed by atoms with Crippen LogP contribution in [0.2, 0.25) is 0 Å². The number of rotatable bonds is 4. The van der Waals surface area contributed by atoms with Crippen molar-refractivity contribution in [2.75, 3.05) is 37.8 Å². The van der Waals surface area contributed by atoms with E-state index in [1.165, 1.54) is 17.0 Å². The molecule has 142 valence electrons. The molecule has 0 aliphatic carbocycles. The van der Waals surface area contributed by atoms with E-state index in [-0.39, 0.29) is 43.1 Å². The van der Waals surface area contributed by atoms with E-state index in [0.29, 0.717) is 19.8 Å². The van der Waals surface area contributed by atoms with Gasteiger partial charge in [-0.15, -0.1) is 0 Å². The van der Waals surface area contributed by atoms with Crippen LogP contribution in [0.1, 0.15) is 12.0 Å². The Bertz CT molecular complexity index is 674. The highest BCUT2D eigenvalue weighted by Crippen LogP contribution is 2.33. The van der Waals surface area contributed by atoms with Gasteiger partial charge >= 0.3 is 6.18 Å². The van der Waals surface area contributed by atoms with Crippen molar-refractivity contribution in [2.45, 2.75) is 18.7 Å². The Morgan fingerprint density at radius 3 is 2.81 bits per heavy atom.